The summed E-state index contributed by atoms with van der Waals surface area (Å²) in [5.41, 5.74) is 3.28. The molecule has 2 aliphatic rings. The zero-order valence-electron chi connectivity index (χ0n) is 20.2. The minimum Gasteiger partial charge on any atom is -0.357 e. The molecule has 1 saturated carbocycles. The maximum Gasteiger partial charge on any atom is 0.257 e. The van der Waals surface area contributed by atoms with Crippen molar-refractivity contribution in [1.29, 1.82) is 0 Å². The Balaban J connectivity index is 1.17. The second kappa shape index (κ2) is 8.48. The SMILES string of the molecule is CC1CC2(CCN(c3cc(C(=O)Nc4cc5cc(-c6cnn(C)c6)ccc5cn4)ccn3)CC2)C1. The summed E-state index contributed by atoms with van der Waals surface area (Å²) in [6.07, 6.45) is 12.5. The monoisotopic (exact) mass is 466 g/mol. The average Bonchev–Trinajstić information content (AvgIpc) is 3.29. The van der Waals surface area contributed by atoms with E-state index in [-0.39, 0.29) is 5.91 Å². The van der Waals surface area contributed by atoms with Crippen molar-refractivity contribution in [3.8, 4) is 11.1 Å². The van der Waals surface area contributed by atoms with Crippen molar-refractivity contribution in [1.82, 2.24) is 19.7 Å². The zero-order chi connectivity index (χ0) is 24.0. The molecule has 2 fully saturated rings. The fourth-order valence-electron chi connectivity index (χ4n) is 5.92. The standard InChI is InChI=1S/C28H30N6O/c1-19-14-28(15-19)6-9-34(10-7-28)26-13-21(5-8-29-26)27(35)32-25-12-23-11-20(3-4-22(23)16-30-25)24-17-31-33(2)18-24/h3-5,8,11-13,16-19H,6-7,9-10,14-15H2,1-2H3,(H,30,32,35). The fraction of sp³-hybridized carbons (Fsp3) is 0.357. The molecule has 178 valence electrons. The number of amides is 1. The number of rotatable bonds is 4. The lowest BCUT2D eigenvalue weighted by Gasteiger charge is -2.51. The minimum absolute atomic E-state index is 0.176. The number of aryl methyl sites for hydroxylation is 1. The number of carbonyl (C=O) groups is 1. The lowest BCUT2D eigenvalue weighted by molar-refractivity contribution is 0.0380. The van der Waals surface area contributed by atoms with Crippen molar-refractivity contribution in [3.05, 3.63) is 66.7 Å². The van der Waals surface area contributed by atoms with Crippen LogP contribution < -0.4 is 10.2 Å². The number of fused-ring (bicyclic) bond motifs is 1. The Kier molecular flexibility index (Phi) is 5.28. The Morgan fingerprint density at radius 2 is 1.83 bits per heavy atom. The Bertz CT molecular complexity index is 1390. The molecule has 6 rings (SSSR count). The van der Waals surface area contributed by atoms with Gasteiger partial charge in [-0.25, -0.2) is 9.97 Å². The Morgan fingerprint density at radius 1 is 1.00 bits per heavy atom. The summed E-state index contributed by atoms with van der Waals surface area (Å²) in [4.78, 5) is 24.4. The number of piperidine rings is 1. The quantitative estimate of drug-likeness (QED) is 0.442. The van der Waals surface area contributed by atoms with Crippen LogP contribution in [0, 0.1) is 11.3 Å². The van der Waals surface area contributed by atoms with Crippen LogP contribution in [-0.2, 0) is 7.05 Å². The van der Waals surface area contributed by atoms with Gasteiger partial charge in [0.05, 0.1) is 6.20 Å². The number of aromatic nitrogens is 4. The predicted octanol–water partition coefficient (Wildman–Crippen LogP) is 5.30. The van der Waals surface area contributed by atoms with Crippen molar-refractivity contribution in [2.24, 2.45) is 18.4 Å². The summed E-state index contributed by atoms with van der Waals surface area (Å²) >= 11 is 0. The molecule has 1 saturated heterocycles. The number of nitrogens with one attached hydrogen (secondary N) is 1. The number of carbonyl (C=O) groups excluding carboxylic acids is 1. The maximum atomic E-state index is 13.1. The highest BCUT2D eigenvalue weighted by atomic mass is 16.1. The van der Waals surface area contributed by atoms with Crippen LogP contribution in [0.1, 0.15) is 43.0 Å². The van der Waals surface area contributed by atoms with E-state index in [0.29, 0.717) is 16.8 Å². The number of nitrogens with zero attached hydrogens (tertiary/aromatic N) is 5. The summed E-state index contributed by atoms with van der Waals surface area (Å²) in [7, 11) is 1.91. The molecule has 1 amide bonds. The van der Waals surface area contributed by atoms with E-state index in [9.17, 15) is 4.79 Å². The lowest BCUT2D eigenvalue weighted by Crippen LogP contribution is -2.46. The van der Waals surface area contributed by atoms with E-state index in [2.05, 4.69) is 44.3 Å². The van der Waals surface area contributed by atoms with Gasteiger partial charge >= 0.3 is 0 Å². The molecule has 7 nitrogen and oxygen atoms in total. The smallest absolute Gasteiger partial charge is 0.257 e. The third-order valence-electron chi connectivity index (χ3n) is 7.72. The number of anilines is 2. The fourth-order valence-corrected chi connectivity index (χ4v) is 5.92. The first-order chi connectivity index (χ1) is 17.0. The van der Waals surface area contributed by atoms with E-state index >= 15 is 0 Å². The van der Waals surface area contributed by atoms with Gasteiger partial charge in [0.1, 0.15) is 11.6 Å². The molecule has 35 heavy (non-hydrogen) atoms. The van der Waals surface area contributed by atoms with Crippen LogP contribution in [0.4, 0.5) is 11.6 Å². The molecule has 1 aliphatic carbocycles. The van der Waals surface area contributed by atoms with Gasteiger partial charge in [-0.1, -0.05) is 19.1 Å². The van der Waals surface area contributed by atoms with Gasteiger partial charge < -0.3 is 10.2 Å². The first-order valence-corrected chi connectivity index (χ1v) is 12.4. The van der Waals surface area contributed by atoms with Gasteiger partial charge in [-0.3, -0.25) is 9.48 Å². The topological polar surface area (TPSA) is 75.9 Å². The normalized spacial score (nSPS) is 17.5. The van der Waals surface area contributed by atoms with E-state index < -0.39 is 0 Å². The number of benzene rings is 1. The largest absolute Gasteiger partial charge is 0.357 e. The summed E-state index contributed by atoms with van der Waals surface area (Å²) < 4.78 is 1.79. The van der Waals surface area contributed by atoms with Crippen molar-refractivity contribution in [3.63, 3.8) is 0 Å². The van der Waals surface area contributed by atoms with Crippen LogP contribution in [0.25, 0.3) is 21.9 Å². The van der Waals surface area contributed by atoms with Gasteiger partial charge in [-0.15, -0.1) is 0 Å². The molecule has 0 radical (unpaired) electrons. The van der Waals surface area contributed by atoms with Crippen molar-refractivity contribution >= 4 is 28.3 Å². The summed E-state index contributed by atoms with van der Waals surface area (Å²) in [6, 6.07) is 11.8. The van der Waals surface area contributed by atoms with Crippen LogP contribution in [-0.4, -0.2) is 38.7 Å². The number of hydrogen-bond acceptors (Lipinski definition) is 5. The van der Waals surface area contributed by atoms with Gasteiger partial charge in [0, 0.05) is 55.2 Å². The molecule has 1 aromatic carbocycles. The van der Waals surface area contributed by atoms with Crippen LogP contribution in [0.5, 0.6) is 0 Å². The maximum absolute atomic E-state index is 13.1. The first kappa shape index (κ1) is 21.8. The number of pyridine rings is 2. The highest BCUT2D eigenvalue weighted by Crippen LogP contribution is 2.52. The van der Waals surface area contributed by atoms with Gasteiger partial charge in [0.15, 0.2) is 0 Å². The van der Waals surface area contributed by atoms with Crippen molar-refractivity contribution in [2.45, 2.75) is 32.6 Å². The number of hydrogen-bond donors (Lipinski definition) is 1. The van der Waals surface area contributed by atoms with E-state index in [4.69, 9.17) is 0 Å². The Labute approximate surface area is 205 Å². The molecule has 0 unspecified atom stereocenters. The van der Waals surface area contributed by atoms with Crippen molar-refractivity contribution in [2.75, 3.05) is 23.3 Å². The molecule has 0 atom stereocenters. The molecule has 0 bridgehead atoms. The van der Waals surface area contributed by atoms with E-state index in [1.807, 2.05) is 37.6 Å². The second-order valence-electron chi connectivity index (χ2n) is 10.4. The van der Waals surface area contributed by atoms with Crippen LogP contribution in [0.15, 0.2) is 61.2 Å². The van der Waals surface area contributed by atoms with E-state index in [1.165, 1.54) is 25.7 Å². The van der Waals surface area contributed by atoms with Gasteiger partial charge in [0.25, 0.3) is 5.91 Å². The first-order valence-electron chi connectivity index (χ1n) is 12.4. The van der Waals surface area contributed by atoms with E-state index in [1.54, 1.807) is 23.1 Å². The Morgan fingerprint density at radius 3 is 2.57 bits per heavy atom. The van der Waals surface area contributed by atoms with Crippen LogP contribution in [0.3, 0.4) is 0 Å². The summed E-state index contributed by atoms with van der Waals surface area (Å²) in [5.74, 6) is 2.11. The molecule has 7 heteroatoms. The molecule has 4 heterocycles. The third kappa shape index (κ3) is 4.27. The molecule has 4 aromatic rings. The highest BCUT2D eigenvalue weighted by Gasteiger charge is 2.43. The molecule has 1 aliphatic heterocycles. The van der Waals surface area contributed by atoms with E-state index in [0.717, 1.165) is 46.7 Å². The molecular weight excluding hydrogens is 436 g/mol. The lowest BCUT2D eigenvalue weighted by atomic mass is 9.58. The average molecular weight is 467 g/mol. The third-order valence-corrected chi connectivity index (χ3v) is 7.72. The second-order valence-corrected chi connectivity index (χ2v) is 10.4. The molecule has 3 aromatic heterocycles. The van der Waals surface area contributed by atoms with Gasteiger partial charge in [0.2, 0.25) is 0 Å². The minimum atomic E-state index is -0.176. The van der Waals surface area contributed by atoms with Crippen LogP contribution >= 0.6 is 0 Å². The predicted molar refractivity (Wildman–Crippen MR) is 138 cm³/mol. The van der Waals surface area contributed by atoms with Gasteiger partial charge in [-0.2, -0.15) is 5.10 Å². The zero-order valence-corrected chi connectivity index (χ0v) is 20.2. The summed E-state index contributed by atoms with van der Waals surface area (Å²) in [5, 5.41) is 9.26. The molecule has 1 spiro atoms. The van der Waals surface area contributed by atoms with Crippen LogP contribution in [0.2, 0.25) is 0 Å². The van der Waals surface area contributed by atoms with Crippen molar-refractivity contribution < 1.29 is 4.79 Å². The Hall–Kier alpha value is -3.74. The highest BCUT2D eigenvalue weighted by molar-refractivity contribution is 6.05. The molecule has 1 N–H and O–H groups in total. The molecular formula is C28H30N6O. The summed E-state index contributed by atoms with van der Waals surface area (Å²) in [6.45, 7) is 4.37. The van der Waals surface area contributed by atoms with Gasteiger partial charge in [-0.05, 0) is 72.2 Å².